The first kappa shape index (κ1) is 13.5. The fraction of sp³-hybridized carbons (Fsp3) is 0.300. The maximum absolute atomic E-state index is 11.3. The lowest BCUT2D eigenvalue weighted by atomic mass is 10.1. The van der Waals surface area contributed by atoms with E-state index < -0.39 is 19.3 Å². The van der Waals surface area contributed by atoms with Gasteiger partial charge in [0.15, 0.2) is 0 Å². The van der Waals surface area contributed by atoms with Gasteiger partial charge in [0.2, 0.25) is 0 Å². The van der Waals surface area contributed by atoms with E-state index in [4.69, 9.17) is 15.9 Å². The van der Waals surface area contributed by atoms with Crippen molar-refractivity contribution in [2.75, 3.05) is 7.11 Å². The molecule has 92 valence electrons. The number of benzene rings is 1. The van der Waals surface area contributed by atoms with Crippen LogP contribution in [0.15, 0.2) is 24.3 Å². The zero-order valence-corrected chi connectivity index (χ0v) is 9.37. The quantitative estimate of drug-likeness (QED) is 0.594. The second kappa shape index (κ2) is 6.24. The summed E-state index contributed by atoms with van der Waals surface area (Å²) in [4.78, 5) is 11.3. The highest BCUT2D eigenvalue weighted by Gasteiger charge is 2.24. The molecule has 0 aliphatic rings. The van der Waals surface area contributed by atoms with Gasteiger partial charge in [0.1, 0.15) is 11.8 Å². The van der Waals surface area contributed by atoms with Crippen molar-refractivity contribution in [2.45, 2.75) is 12.5 Å². The summed E-state index contributed by atoms with van der Waals surface area (Å²) in [6, 6.07) is 5.39. The Balaban J connectivity index is 2.51. The summed E-state index contributed by atoms with van der Waals surface area (Å²) in [6.45, 7) is 0. The molecule has 4 N–H and O–H groups in total. The fourth-order valence-corrected chi connectivity index (χ4v) is 1.20. The van der Waals surface area contributed by atoms with Crippen LogP contribution in [0.5, 0.6) is 5.75 Å². The van der Waals surface area contributed by atoms with Crippen molar-refractivity contribution in [1.82, 2.24) is 0 Å². The average Bonchev–Trinajstić information content (AvgIpc) is 2.31. The van der Waals surface area contributed by atoms with Gasteiger partial charge < -0.3 is 25.2 Å². The molecule has 7 heteroatoms. The van der Waals surface area contributed by atoms with Gasteiger partial charge in [-0.3, -0.25) is 4.79 Å². The molecule has 1 aromatic carbocycles. The third-order valence-electron chi connectivity index (χ3n) is 2.11. The molecule has 0 amide bonds. The summed E-state index contributed by atoms with van der Waals surface area (Å²) >= 11 is 0. The molecular formula is C10H14BNO5. The first-order chi connectivity index (χ1) is 8.02. The van der Waals surface area contributed by atoms with E-state index in [-0.39, 0.29) is 12.2 Å². The topological polar surface area (TPSA) is 102 Å². The minimum atomic E-state index is -1.60. The van der Waals surface area contributed by atoms with Crippen molar-refractivity contribution in [3.05, 3.63) is 29.8 Å². The van der Waals surface area contributed by atoms with Crippen LogP contribution in [0.3, 0.4) is 0 Å². The van der Waals surface area contributed by atoms with Crippen LogP contribution in [0.4, 0.5) is 0 Å². The molecule has 1 rings (SSSR count). The van der Waals surface area contributed by atoms with Crippen LogP contribution in [-0.2, 0) is 20.5 Å². The summed E-state index contributed by atoms with van der Waals surface area (Å²) in [5, 5.41) is 18.0. The second-order valence-electron chi connectivity index (χ2n) is 3.46. The Morgan fingerprint density at radius 3 is 2.59 bits per heavy atom. The van der Waals surface area contributed by atoms with Crippen LogP contribution in [0.1, 0.15) is 5.56 Å². The van der Waals surface area contributed by atoms with Crippen LogP contribution < -0.4 is 5.73 Å². The normalized spacial score (nSPS) is 11.9. The molecule has 0 heterocycles. The molecule has 0 fully saturated rings. The van der Waals surface area contributed by atoms with E-state index in [2.05, 4.69) is 9.31 Å². The van der Waals surface area contributed by atoms with E-state index in [1.165, 1.54) is 19.2 Å². The molecule has 0 spiro atoms. The van der Waals surface area contributed by atoms with Crippen molar-refractivity contribution in [3.8, 4) is 5.75 Å². The number of hydrogen-bond donors (Lipinski definition) is 3. The Hall–Kier alpha value is -1.57. The Kier molecular flexibility index (Phi) is 4.95. The first-order valence-corrected chi connectivity index (χ1v) is 4.97. The van der Waals surface area contributed by atoms with Crippen LogP contribution in [0.2, 0.25) is 0 Å². The lowest BCUT2D eigenvalue weighted by molar-refractivity contribution is -0.138. The number of hydrogen-bond acceptors (Lipinski definition) is 6. The second-order valence-corrected chi connectivity index (χ2v) is 3.46. The van der Waals surface area contributed by atoms with Crippen LogP contribution in [0, 0.1) is 0 Å². The molecule has 1 atom stereocenters. The molecule has 0 saturated carbocycles. The molecule has 0 bridgehead atoms. The number of carbonyl (C=O) groups is 1. The third-order valence-corrected chi connectivity index (χ3v) is 2.11. The highest BCUT2D eigenvalue weighted by Crippen LogP contribution is 2.11. The summed E-state index contributed by atoms with van der Waals surface area (Å²) in [5.74, 6) is -0.618. The van der Waals surface area contributed by atoms with Crippen molar-refractivity contribution >= 4 is 13.3 Å². The minimum Gasteiger partial charge on any atom is -0.508 e. The smallest absolute Gasteiger partial charge is 0.508 e. The lowest BCUT2D eigenvalue weighted by Crippen LogP contribution is -2.38. The van der Waals surface area contributed by atoms with Gasteiger partial charge in [-0.1, -0.05) is 12.1 Å². The van der Waals surface area contributed by atoms with E-state index in [1.54, 1.807) is 12.1 Å². The highest BCUT2D eigenvalue weighted by atomic mass is 16.7. The van der Waals surface area contributed by atoms with Gasteiger partial charge in [0, 0.05) is 7.11 Å². The largest absolute Gasteiger partial charge is 0.712 e. The summed E-state index contributed by atoms with van der Waals surface area (Å²) in [6.07, 6.45) is 0.246. The van der Waals surface area contributed by atoms with E-state index in [0.717, 1.165) is 5.56 Å². The zero-order valence-electron chi connectivity index (χ0n) is 9.37. The fourth-order valence-electron chi connectivity index (χ4n) is 1.20. The SMILES string of the molecule is COB(O)OC(=O)[C@@H](N)Cc1ccc(O)cc1. The maximum Gasteiger partial charge on any atom is 0.712 e. The number of nitrogens with two attached hydrogens (primary N) is 1. The molecule has 1 aromatic rings. The van der Waals surface area contributed by atoms with Gasteiger partial charge >= 0.3 is 13.3 Å². The number of phenols is 1. The third kappa shape index (κ3) is 4.43. The number of phenolic OH excluding ortho intramolecular Hbond substituents is 1. The summed E-state index contributed by atoms with van der Waals surface area (Å²) in [5.41, 5.74) is 6.36. The molecule has 0 aliphatic carbocycles. The zero-order chi connectivity index (χ0) is 12.8. The monoisotopic (exact) mass is 239 g/mol. The molecule has 6 nitrogen and oxygen atoms in total. The van der Waals surface area contributed by atoms with Crippen molar-refractivity contribution in [2.24, 2.45) is 5.73 Å². The Morgan fingerprint density at radius 2 is 2.06 bits per heavy atom. The summed E-state index contributed by atoms with van der Waals surface area (Å²) < 4.78 is 8.84. The van der Waals surface area contributed by atoms with Crippen LogP contribution in [-0.4, -0.2) is 36.6 Å². The molecule has 0 saturated heterocycles. The minimum absolute atomic E-state index is 0.139. The number of carbonyl (C=O) groups excluding carboxylic acids is 1. The van der Waals surface area contributed by atoms with Crippen LogP contribution >= 0.6 is 0 Å². The Bertz CT molecular complexity index is 369. The highest BCUT2D eigenvalue weighted by molar-refractivity contribution is 6.37. The van der Waals surface area contributed by atoms with E-state index >= 15 is 0 Å². The van der Waals surface area contributed by atoms with Gasteiger partial charge in [-0.25, -0.2) is 0 Å². The van der Waals surface area contributed by atoms with E-state index in [9.17, 15) is 4.79 Å². The molecule has 0 radical (unpaired) electrons. The maximum atomic E-state index is 11.3. The predicted molar refractivity (Wildman–Crippen MR) is 60.9 cm³/mol. The average molecular weight is 239 g/mol. The predicted octanol–water partition coefficient (Wildman–Crippen LogP) is -0.571. The van der Waals surface area contributed by atoms with Gasteiger partial charge in [-0.2, -0.15) is 0 Å². The standard InChI is InChI=1S/C10H14BNO5/c1-16-11(15)17-10(14)9(12)6-7-2-4-8(13)5-3-7/h2-5,9,13,15H,6,12H2,1H3/t9-/m0/s1. The van der Waals surface area contributed by atoms with Gasteiger partial charge in [0.05, 0.1) is 0 Å². The molecule has 17 heavy (non-hydrogen) atoms. The molecule has 0 unspecified atom stereocenters. The molecule has 0 aliphatic heterocycles. The summed E-state index contributed by atoms with van der Waals surface area (Å²) in [7, 11) is -0.406. The van der Waals surface area contributed by atoms with Crippen molar-refractivity contribution in [3.63, 3.8) is 0 Å². The molecule has 0 aromatic heterocycles. The first-order valence-electron chi connectivity index (χ1n) is 4.97. The van der Waals surface area contributed by atoms with Gasteiger partial charge in [0.25, 0.3) is 0 Å². The molecular weight excluding hydrogens is 225 g/mol. The van der Waals surface area contributed by atoms with Crippen molar-refractivity contribution in [1.29, 1.82) is 0 Å². The Labute approximate surface area is 99.1 Å². The van der Waals surface area contributed by atoms with Gasteiger partial charge in [-0.15, -0.1) is 0 Å². The van der Waals surface area contributed by atoms with Crippen molar-refractivity contribution < 1.29 is 24.2 Å². The van der Waals surface area contributed by atoms with E-state index in [1.807, 2.05) is 0 Å². The Morgan fingerprint density at radius 1 is 1.47 bits per heavy atom. The van der Waals surface area contributed by atoms with Gasteiger partial charge in [-0.05, 0) is 24.1 Å². The number of rotatable bonds is 5. The number of aromatic hydroxyl groups is 1. The van der Waals surface area contributed by atoms with E-state index in [0.29, 0.717) is 0 Å². The lowest BCUT2D eigenvalue weighted by Gasteiger charge is -2.12. The van der Waals surface area contributed by atoms with Crippen LogP contribution in [0.25, 0.3) is 0 Å².